The van der Waals surface area contributed by atoms with Gasteiger partial charge in [0.15, 0.2) is 5.76 Å². The fraction of sp³-hybridized carbons (Fsp3) is 0.455. The molecular weight excluding hydrogens is 208 g/mol. The van der Waals surface area contributed by atoms with Crippen LogP contribution >= 0.6 is 0 Å². The fourth-order valence-corrected chi connectivity index (χ4v) is 1.80. The van der Waals surface area contributed by atoms with Crippen LogP contribution in [0, 0.1) is 6.92 Å². The second-order valence-electron chi connectivity index (χ2n) is 3.89. The summed E-state index contributed by atoms with van der Waals surface area (Å²) in [6.07, 6.45) is 2.77. The van der Waals surface area contributed by atoms with Gasteiger partial charge in [0.1, 0.15) is 0 Å². The molecule has 16 heavy (non-hydrogen) atoms. The maximum absolute atomic E-state index is 12.0. The third-order valence-corrected chi connectivity index (χ3v) is 2.83. The first-order valence-corrected chi connectivity index (χ1v) is 5.25. The maximum atomic E-state index is 12.0. The number of nitrogens with zero attached hydrogens (tertiary/aromatic N) is 2. The van der Waals surface area contributed by atoms with Gasteiger partial charge in [-0.3, -0.25) is 4.79 Å². The lowest BCUT2D eigenvalue weighted by atomic mass is 10.1. The third-order valence-electron chi connectivity index (χ3n) is 2.83. The largest absolute Gasteiger partial charge is 0.459 e. The van der Waals surface area contributed by atoms with Crippen molar-refractivity contribution in [3.8, 4) is 0 Å². The minimum Gasteiger partial charge on any atom is -0.459 e. The highest BCUT2D eigenvalue weighted by Crippen LogP contribution is 2.15. The Morgan fingerprint density at radius 3 is 2.69 bits per heavy atom. The van der Waals surface area contributed by atoms with Crippen molar-refractivity contribution in [2.24, 2.45) is 5.16 Å². The molecule has 0 radical (unpaired) electrons. The molecule has 1 aromatic rings. The molecule has 0 atom stereocenters. The van der Waals surface area contributed by atoms with E-state index in [1.165, 1.54) is 6.26 Å². The molecule has 1 aromatic heterocycles. The number of carbonyl (C=O) groups is 1. The summed E-state index contributed by atoms with van der Waals surface area (Å²) in [6.45, 7) is 3.01. The zero-order valence-electron chi connectivity index (χ0n) is 9.14. The summed E-state index contributed by atoms with van der Waals surface area (Å²) in [5, 5.41) is 11.8. The predicted molar refractivity (Wildman–Crippen MR) is 57.8 cm³/mol. The van der Waals surface area contributed by atoms with E-state index in [4.69, 9.17) is 9.62 Å². The molecule has 0 bridgehead atoms. The third kappa shape index (κ3) is 1.93. The molecule has 0 unspecified atom stereocenters. The van der Waals surface area contributed by atoms with Gasteiger partial charge in [-0.1, -0.05) is 5.16 Å². The van der Waals surface area contributed by atoms with Crippen molar-refractivity contribution >= 4 is 11.6 Å². The molecule has 2 heterocycles. The predicted octanol–water partition coefficient (Wildman–Crippen LogP) is 1.65. The normalized spacial score (nSPS) is 16.3. The average Bonchev–Trinajstić information content (AvgIpc) is 2.75. The Labute approximate surface area is 93.3 Å². The van der Waals surface area contributed by atoms with E-state index in [2.05, 4.69) is 5.16 Å². The molecule has 1 fully saturated rings. The van der Waals surface area contributed by atoms with Crippen LogP contribution in [-0.2, 0) is 0 Å². The molecule has 0 aliphatic carbocycles. The van der Waals surface area contributed by atoms with E-state index in [9.17, 15) is 4.79 Å². The number of oxime groups is 1. The number of rotatable bonds is 1. The van der Waals surface area contributed by atoms with Gasteiger partial charge in [0.05, 0.1) is 12.0 Å². The average molecular weight is 222 g/mol. The van der Waals surface area contributed by atoms with E-state index in [1.54, 1.807) is 11.0 Å². The molecule has 1 aliphatic heterocycles. The van der Waals surface area contributed by atoms with Crippen LogP contribution in [-0.4, -0.2) is 34.8 Å². The van der Waals surface area contributed by atoms with Crippen LogP contribution in [0.5, 0.6) is 0 Å². The van der Waals surface area contributed by atoms with Gasteiger partial charge in [-0.05, 0) is 13.0 Å². The lowest BCUT2D eigenvalue weighted by molar-refractivity contribution is 0.0720. The Morgan fingerprint density at radius 1 is 1.50 bits per heavy atom. The Morgan fingerprint density at radius 2 is 2.19 bits per heavy atom. The Bertz CT molecular complexity index is 413. The van der Waals surface area contributed by atoms with Gasteiger partial charge in [-0.25, -0.2) is 0 Å². The molecule has 0 aromatic carbocycles. The summed E-state index contributed by atoms with van der Waals surface area (Å²) in [4.78, 5) is 13.7. The van der Waals surface area contributed by atoms with E-state index in [-0.39, 0.29) is 5.91 Å². The number of piperidine rings is 1. The molecule has 1 aliphatic rings. The zero-order chi connectivity index (χ0) is 11.5. The number of amides is 1. The Balaban J connectivity index is 2.05. The first kappa shape index (κ1) is 10.7. The van der Waals surface area contributed by atoms with Crippen molar-refractivity contribution in [1.82, 2.24) is 4.90 Å². The number of hydrogen-bond donors (Lipinski definition) is 1. The van der Waals surface area contributed by atoms with E-state index >= 15 is 0 Å². The fourth-order valence-electron chi connectivity index (χ4n) is 1.80. The highest BCUT2D eigenvalue weighted by atomic mass is 16.4. The molecule has 86 valence electrons. The SMILES string of the molecule is Cc1ccoc1C(=O)N1CCC(=NO)CC1. The molecule has 5 nitrogen and oxygen atoms in total. The van der Waals surface area contributed by atoms with E-state index in [0.717, 1.165) is 11.3 Å². The van der Waals surface area contributed by atoms with Gasteiger partial charge in [-0.15, -0.1) is 0 Å². The van der Waals surface area contributed by atoms with Crippen LogP contribution in [0.25, 0.3) is 0 Å². The van der Waals surface area contributed by atoms with Crippen LogP contribution in [0.2, 0.25) is 0 Å². The van der Waals surface area contributed by atoms with Crippen LogP contribution in [0.3, 0.4) is 0 Å². The van der Waals surface area contributed by atoms with Gasteiger partial charge in [0.2, 0.25) is 0 Å². The molecule has 1 N–H and O–H groups in total. The zero-order valence-corrected chi connectivity index (χ0v) is 9.14. The first-order valence-electron chi connectivity index (χ1n) is 5.25. The van der Waals surface area contributed by atoms with E-state index in [0.29, 0.717) is 31.7 Å². The van der Waals surface area contributed by atoms with Crippen LogP contribution < -0.4 is 0 Å². The van der Waals surface area contributed by atoms with Crippen LogP contribution in [0.15, 0.2) is 21.9 Å². The van der Waals surface area contributed by atoms with Crippen molar-refractivity contribution < 1.29 is 14.4 Å². The molecule has 1 amide bonds. The van der Waals surface area contributed by atoms with Crippen molar-refractivity contribution in [1.29, 1.82) is 0 Å². The number of carbonyl (C=O) groups excluding carboxylic acids is 1. The van der Waals surface area contributed by atoms with Crippen molar-refractivity contribution in [3.05, 3.63) is 23.7 Å². The lowest BCUT2D eigenvalue weighted by Gasteiger charge is -2.26. The molecule has 0 saturated carbocycles. The topological polar surface area (TPSA) is 66.0 Å². The van der Waals surface area contributed by atoms with E-state index < -0.39 is 0 Å². The number of aryl methyl sites for hydroxylation is 1. The molecular formula is C11H14N2O3. The minimum atomic E-state index is -0.0838. The summed E-state index contributed by atoms with van der Waals surface area (Å²) in [5.41, 5.74) is 1.60. The Kier molecular flexibility index (Phi) is 2.94. The Hall–Kier alpha value is -1.78. The maximum Gasteiger partial charge on any atom is 0.289 e. The summed E-state index contributed by atoms with van der Waals surface area (Å²) < 4.78 is 5.16. The molecule has 0 spiro atoms. The number of furan rings is 1. The highest BCUT2D eigenvalue weighted by molar-refractivity contribution is 5.94. The number of likely N-dealkylation sites (tertiary alicyclic amines) is 1. The summed E-state index contributed by atoms with van der Waals surface area (Å²) >= 11 is 0. The van der Waals surface area contributed by atoms with Crippen molar-refractivity contribution in [2.75, 3.05) is 13.1 Å². The molecule has 5 heteroatoms. The minimum absolute atomic E-state index is 0.0838. The molecule has 1 saturated heterocycles. The second-order valence-corrected chi connectivity index (χ2v) is 3.89. The van der Waals surface area contributed by atoms with E-state index in [1.807, 2.05) is 6.92 Å². The van der Waals surface area contributed by atoms with Gasteiger partial charge < -0.3 is 14.5 Å². The lowest BCUT2D eigenvalue weighted by Crippen LogP contribution is -2.38. The van der Waals surface area contributed by atoms with Crippen molar-refractivity contribution in [2.45, 2.75) is 19.8 Å². The van der Waals surface area contributed by atoms with Crippen LogP contribution in [0.1, 0.15) is 29.0 Å². The van der Waals surface area contributed by atoms with Gasteiger partial charge in [-0.2, -0.15) is 0 Å². The van der Waals surface area contributed by atoms with Gasteiger partial charge in [0, 0.05) is 31.5 Å². The van der Waals surface area contributed by atoms with Crippen LogP contribution in [0.4, 0.5) is 0 Å². The number of hydrogen-bond acceptors (Lipinski definition) is 4. The summed E-state index contributed by atoms with van der Waals surface area (Å²) in [5.74, 6) is 0.323. The monoisotopic (exact) mass is 222 g/mol. The second kappa shape index (κ2) is 4.38. The van der Waals surface area contributed by atoms with Gasteiger partial charge >= 0.3 is 0 Å². The van der Waals surface area contributed by atoms with Gasteiger partial charge in [0.25, 0.3) is 5.91 Å². The van der Waals surface area contributed by atoms with Crippen molar-refractivity contribution in [3.63, 3.8) is 0 Å². The first-order chi connectivity index (χ1) is 7.72. The smallest absolute Gasteiger partial charge is 0.289 e. The highest BCUT2D eigenvalue weighted by Gasteiger charge is 2.24. The molecule has 2 rings (SSSR count). The quantitative estimate of drug-likeness (QED) is 0.580. The summed E-state index contributed by atoms with van der Waals surface area (Å²) in [6, 6.07) is 1.78. The standard InChI is InChI=1S/C11H14N2O3/c1-8-4-7-16-10(8)11(14)13-5-2-9(12-15)3-6-13/h4,7,15H,2-3,5-6H2,1H3. The summed E-state index contributed by atoms with van der Waals surface area (Å²) in [7, 11) is 0.